The molecule has 2 rings (SSSR count). The molecule has 0 spiro atoms. The van der Waals surface area contributed by atoms with Gasteiger partial charge in [-0.1, -0.05) is 5.92 Å². The van der Waals surface area contributed by atoms with Gasteiger partial charge in [0.25, 0.3) is 5.91 Å². The maximum atomic E-state index is 12.5. The molecule has 130 valence electrons. The Hall–Kier alpha value is -2.20. The second kappa shape index (κ2) is 7.58. The number of hydrogen-bond acceptors (Lipinski definition) is 3. The molecule has 0 radical (unpaired) electrons. The average Bonchev–Trinajstić information content (AvgIpc) is 2.58. The molecule has 24 heavy (non-hydrogen) atoms. The number of carbonyl (C=O) groups is 1. The first-order chi connectivity index (χ1) is 11.3. The summed E-state index contributed by atoms with van der Waals surface area (Å²) >= 11 is 0. The second-order valence-electron chi connectivity index (χ2n) is 5.63. The van der Waals surface area contributed by atoms with Crippen molar-refractivity contribution in [2.75, 3.05) is 19.7 Å². The first-order valence-electron chi connectivity index (χ1n) is 7.53. The number of hydrogen-bond donors (Lipinski definition) is 1. The average molecular weight is 341 g/mol. The maximum absolute atomic E-state index is 12.5. The van der Waals surface area contributed by atoms with Crippen LogP contribution in [0.1, 0.15) is 23.2 Å². The third kappa shape index (κ3) is 4.42. The third-order valence-corrected chi connectivity index (χ3v) is 4.03. The van der Waals surface area contributed by atoms with Gasteiger partial charge in [0.05, 0.1) is 0 Å². The van der Waals surface area contributed by atoms with Crippen molar-refractivity contribution in [1.82, 2.24) is 4.90 Å². The summed E-state index contributed by atoms with van der Waals surface area (Å²) in [7, 11) is 0. The minimum atomic E-state index is -4.62. The molecule has 1 atom stereocenters. The number of terminal acetylenes is 1. The molecule has 1 aromatic carbocycles. The Labute approximate surface area is 138 Å². The first kappa shape index (κ1) is 18.1. The number of alkyl halides is 3. The molecule has 4 nitrogen and oxygen atoms in total. The Morgan fingerprint density at radius 2 is 1.92 bits per heavy atom. The molecule has 1 unspecified atom stereocenters. The number of rotatable bonds is 4. The van der Waals surface area contributed by atoms with Crippen molar-refractivity contribution < 1.29 is 27.8 Å². The number of ether oxygens (including phenoxy) is 1. The lowest BCUT2D eigenvalue weighted by molar-refractivity contribution is -0.222. The highest BCUT2D eigenvalue weighted by molar-refractivity contribution is 5.94. The molecule has 0 bridgehead atoms. The number of amides is 1. The lowest BCUT2D eigenvalue weighted by Crippen LogP contribution is -2.45. The van der Waals surface area contributed by atoms with Crippen LogP contribution in [0.5, 0.6) is 5.75 Å². The van der Waals surface area contributed by atoms with E-state index < -0.39 is 18.2 Å². The molecular formula is C17H18F3NO3. The minimum Gasteiger partial charge on any atom is -0.481 e. The quantitative estimate of drug-likeness (QED) is 0.856. The van der Waals surface area contributed by atoms with E-state index in [1.165, 1.54) is 4.90 Å². The lowest BCUT2D eigenvalue weighted by atomic mass is 9.90. The lowest BCUT2D eigenvalue weighted by Gasteiger charge is -2.34. The standard InChI is InChI=1S/C17H18F3NO3/c1-2-11-24-14-5-3-13(4-6-14)16(23)21-9-7-12(8-10-21)15(22)17(18,19)20/h1,3-6,12,15,22H,7-11H2. The van der Waals surface area contributed by atoms with Crippen LogP contribution in [0.3, 0.4) is 0 Å². The van der Waals surface area contributed by atoms with Crippen LogP contribution in [0.2, 0.25) is 0 Å². The van der Waals surface area contributed by atoms with E-state index in [0.29, 0.717) is 11.3 Å². The summed E-state index contributed by atoms with van der Waals surface area (Å²) in [6.45, 7) is 0.500. The summed E-state index contributed by atoms with van der Waals surface area (Å²) in [6, 6.07) is 6.41. The van der Waals surface area contributed by atoms with Crippen LogP contribution in [-0.4, -0.2) is 47.9 Å². The zero-order chi connectivity index (χ0) is 17.7. The fraction of sp³-hybridized carbons (Fsp3) is 0.471. The van der Waals surface area contributed by atoms with Gasteiger partial charge in [-0.05, 0) is 43.0 Å². The largest absolute Gasteiger partial charge is 0.481 e. The highest BCUT2D eigenvalue weighted by Crippen LogP contribution is 2.32. The van der Waals surface area contributed by atoms with Crippen LogP contribution < -0.4 is 4.74 Å². The molecule has 1 aliphatic heterocycles. The van der Waals surface area contributed by atoms with Crippen LogP contribution in [0, 0.1) is 18.3 Å². The second-order valence-corrected chi connectivity index (χ2v) is 5.63. The first-order valence-corrected chi connectivity index (χ1v) is 7.53. The molecule has 0 aromatic heterocycles. The van der Waals surface area contributed by atoms with Crippen molar-refractivity contribution in [3.8, 4) is 18.1 Å². The zero-order valence-electron chi connectivity index (χ0n) is 12.9. The summed E-state index contributed by atoms with van der Waals surface area (Å²) in [5, 5.41) is 9.30. The van der Waals surface area contributed by atoms with Crippen molar-refractivity contribution in [1.29, 1.82) is 0 Å². The van der Waals surface area contributed by atoms with Crippen molar-refractivity contribution in [2.24, 2.45) is 5.92 Å². The minimum absolute atomic E-state index is 0.121. The fourth-order valence-corrected chi connectivity index (χ4v) is 2.69. The molecule has 1 heterocycles. The van der Waals surface area contributed by atoms with Crippen LogP contribution in [0.15, 0.2) is 24.3 Å². The van der Waals surface area contributed by atoms with E-state index in [4.69, 9.17) is 11.2 Å². The molecule has 1 aromatic rings. The molecule has 1 aliphatic rings. The summed E-state index contributed by atoms with van der Waals surface area (Å²) in [4.78, 5) is 13.9. The van der Waals surface area contributed by atoms with Crippen molar-refractivity contribution in [2.45, 2.75) is 25.1 Å². The van der Waals surface area contributed by atoms with Gasteiger partial charge in [-0.25, -0.2) is 0 Å². The highest BCUT2D eigenvalue weighted by Gasteiger charge is 2.44. The number of carbonyl (C=O) groups excluding carboxylic acids is 1. The van der Waals surface area contributed by atoms with E-state index in [9.17, 15) is 23.1 Å². The molecule has 1 amide bonds. The maximum Gasteiger partial charge on any atom is 0.414 e. The Balaban J connectivity index is 1.92. The van der Waals surface area contributed by atoms with Gasteiger partial charge in [0, 0.05) is 18.7 Å². The number of nitrogens with zero attached hydrogens (tertiary/aromatic N) is 1. The van der Waals surface area contributed by atoms with E-state index in [2.05, 4.69) is 5.92 Å². The van der Waals surface area contributed by atoms with Crippen LogP contribution >= 0.6 is 0 Å². The molecule has 1 fully saturated rings. The van der Waals surface area contributed by atoms with Gasteiger partial charge < -0.3 is 14.7 Å². The highest BCUT2D eigenvalue weighted by atomic mass is 19.4. The summed E-state index contributed by atoms with van der Waals surface area (Å²) in [5.41, 5.74) is 0.429. The van der Waals surface area contributed by atoms with E-state index in [-0.39, 0.29) is 38.4 Å². The monoisotopic (exact) mass is 341 g/mol. The van der Waals surface area contributed by atoms with Crippen molar-refractivity contribution in [3.05, 3.63) is 29.8 Å². The Bertz CT molecular complexity index is 599. The summed E-state index contributed by atoms with van der Waals surface area (Å²) < 4.78 is 42.8. The topological polar surface area (TPSA) is 49.8 Å². The van der Waals surface area contributed by atoms with Gasteiger partial charge in [0.1, 0.15) is 12.4 Å². The third-order valence-electron chi connectivity index (χ3n) is 4.03. The predicted molar refractivity (Wildman–Crippen MR) is 81.5 cm³/mol. The molecule has 1 N–H and O–H groups in total. The zero-order valence-corrected chi connectivity index (χ0v) is 12.9. The van der Waals surface area contributed by atoms with Gasteiger partial charge in [-0.3, -0.25) is 4.79 Å². The van der Waals surface area contributed by atoms with Gasteiger partial charge in [0.15, 0.2) is 6.10 Å². The number of aliphatic hydroxyl groups is 1. The number of aliphatic hydroxyl groups excluding tert-OH is 1. The Morgan fingerprint density at radius 1 is 1.33 bits per heavy atom. The van der Waals surface area contributed by atoms with E-state index in [1.54, 1.807) is 24.3 Å². The van der Waals surface area contributed by atoms with E-state index in [0.717, 1.165) is 0 Å². The van der Waals surface area contributed by atoms with E-state index >= 15 is 0 Å². The van der Waals surface area contributed by atoms with Gasteiger partial charge in [-0.15, -0.1) is 6.42 Å². The van der Waals surface area contributed by atoms with Gasteiger partial charge >= 0.3 is 6.18 Å². The normalized spacial score (nSPS) is 17.2. The number of benzene rings is 1. The molecule has 7 heteroatoms. The molecular weight excluding hydrogens is 323 g/mol. The van der Waals surface area contributed by atoms with Crippen molar-refractivity contribution in [3.63, 3.8) is 0 Å². The van der Waals surface area contributed by atoms with Crippen LogP contribution in [0.4, 0.5) is 13.2 Å². The SMILES string of the molecule is C#CCOc1ccc(C(=O)N2CCC(C(O)C(F)(F)F)CC2)cc1. The summed E-state index contributed by atoms with van der Waals surface area (Å²) in [6.07, 6.45) is -1.62. The molecule has 1 saturated heterocycles. The molecule has 0 saturated carbocycles. The predicted octanol–water partition coefficient (Wildman–Crippen LogP) is 2.47. The number of piperidine rings is 1. The Kier molecular flexibility index (Phi) is 5.73. The smallest absolute Gasteiger partial charge is 0.414 e. The van der Waals surface area contributed by atoms with Crippen molar-refractivity contribution >= 4 is 5.91 Å². The van der Waals surface area contributed by atoms with Crippen LogP contribution in [0.25, 0.3) is 0 Å². The van der Waals surface area contributed by atoms with E-state index in [1.807, 2.05) is 0 Å². The van der Waals surface area contributed by atoms with Gasteiger partial charge in [0.2, 0.25) is 0 Å². The Morgan fingerprint density at radius 3 is 2.42 bits per heavy atom. The summed E-state index contributed by atoms with van der Waals surface area (Å²) in [5.74, 6) is 1.75. The number of halogens is 3. The number of likely N-dealkylation sites (tertiary alicyclic amines) is 1. The molecule has 0 aliphatic carbocycles. The van der Waals surface area contributed by atoms with Gasteiger partial charge in [-0.2, -0.15) is 13.2 Å². The fourth-order valence-electron chi connectivity index (χ4n) is 2.69. The van der Waals surface area contributed by atoms with Crippen LogP contribution in [-0.2, 0) is 0 Å².